The zero-order chi connectivity index (χ0) is 31.9. The molecular formula is C33H37F6N3O2. The molecule has 0 aliphatic heterocycles. The van der Waals surface area contributed by atoms with Crippen molar-refractivity contribution in [1.82, 2.24) is 14.9 Å². The van der Waals surface area contributed by atoms with Gasteiger partial charge in [-0.15, -0.1) is 0 Å². The van der Waals surface area contributed by atoms with Crippen molar-refractivity contribution >= 4 is 22.6 Å². The molecular weight excluding hydrogens is 584 g/mol. The van der Waals surface area contributed by atoms with Gasteiger partial charge in [0.2, 0.25) is 0 Å². The molecule has 3 aliphatic rings. The second-order valence-electron chi connectivity index (χ2n) is 12.5. The summed E-state index contributed by atoms with van der Waals surface area (Å²) in [5.41, 5.74) is -1.69. The SMILES string of the molecule is CC(C)C(=O)O[C@]1(CCN(C)CCCc2nc3c(C(F)(F)F)cc(C(F)(F)F)cc3[nH]2)C[C@@H]2CC[C@H]1C=C2c1ccccc1. The van der Waals surface area contributed by atoms with Gasteiger partial charge in [-0.05, 0) is 68.5 Å². The summed E-state index contributed by atoms with van der Waals surface area (Å²) in [6.45, 7) is 4.86. The van der Waals surface area contributed by atoms with Crippen LogP contribution in [-0.4, -0.2) is 46.6 Å². The predicted octanol–water partition coefficient (Wildman–Crippen LogP) is 8.31. The number of benzene rings is 2. The van der Waals surface area contributed by atoms with Crippen molar-refractivity contribution in [3.63, 3.8) is 0 Å². The molecule has 1 N–H and O–H groups in total. The average molecular weight is 622 g/mol. The minimum absolute atomic E-state index is 0.0961. The molecule has 0 amide bonds. The van der Waals surface area contributed by atoms with Gasteiger partial charge in [0, 0.05) is 25.3 Å². The molecule has 1 heterocycles. The van der Waals surface area contributed by atoms with Crippen LogP contribution in [0.25, 0.3) is 16.6 Å². The Morgan fingerprint density at radius 3 is 2.41 bits per heavy atom. The molecule has 1 fully saturated rings. The number of aryl methyl sites for hydroxylation is 1. The minimum Gasteiger partial charge on any atom is -0.458 e. The Morgan fingerprint density at radius 1 is 1.07 bits per heavy atom. The van der Waals surface area contributed by atoms with E-state index in [2.05, 4.69) is 33.1 Å². The number of aromatic amines is 1. The van der Waals surface area contributed by atoms with E-state index >= 15 is 0 Å². The fourth-order valence-corrected chi connectivity index (χ4v) is 6.58. The fraction of sp³-hybridized carbons (Fsp3) is 0.515. The van der Waals surface area contributed by atoms with Crippen LogP contribution in [0.4, 0.5) is 26.3 Å². The summed E-state index contributed by atoms with van der Waals surface area (Å²) < 4.78 is 86.6. The van der Waals surface area contributed by atoms with Gasteiger partial charge < -0.3 is 14.6 Å². The molecule has 5 nitrogen and oxygen atoms in total. The lowest BCUT2D eigenvalue weighted by atomic mass is 9.60. The molecule has 3 aromatic rings. The van der Waals surface area contributed by atoms with Crippen molar-refractivity contribution in [3.05, 3.63) is 71.1 Å². The maximum absolute atomic E-state index is 13.5. The number of esters is 1. The number of nitrogens with zero attached hydrogens (tertiary/aromatic N) is 2. The summed E-state index contributed by atoms with van der Waals surface area (Å²) in [6.07, 6.45) is -3.44. The van der Waals surface area contributed by atoms with Crippen LogP contribution in [-0.2, 0) is 28.3 Å². The zero-order valence-electron chi connectivity index (χ0n) is 25.0. The van der Waals surface area contributed by atoms with Gasteiger partial charge in [0.25, 0.3) is 0 Å². The Bertz CT molecular complexity index is 1510. The monoisotopic (exact) mass is 621 g/mol. The third kappa shape index (κ3) is 6.82. The Morgan fingerprint density at radius 2 is 1.80 bits per heavy atom. The summed E-state index contributed by atoms with van der Waals surface area (Å²) in [7, 11) is 1.93. The summed E-state index contributed by atoms with van der Waals surface area (Å²) in [6, 6.07) is 11.1. The van der Waals surface area contributed by atoms with Crippen LogP contribution in [0.2, 0.25) is 0 Å². The molecule has 238 valence electrons. The zero-order valence-corrected chi connectivity index (χ0v) is 25.0. The molecule has 0 spiro atoms. The first-order valence-corrected chi connectivity index (χ1v) is 15.0. The lowest BCUT2D eigenvalue weighted by Crippen LogP contribution is -2.51. The van der Waals surface area contributed by atoms with Crippen molar-refractivity contribution in [2.75, 3.05) is 20.1 Å². The largest absolute Gasteiger partial charge is 0.458 e. The van der Waals surface area contributed by atoms with Gasteiger partial charge >= 0.3 is 18.3 Å². The molecule has 2 bridgehead atoms. The number of imidazole rings is 1. The maximum atomic E-state index is 13.5. The van der Waals surface area contributed by atoms with Gasteiger partial charge in [0.15, 0.2) is 0 Å². The minimum atomic E-state index is -4.98. The number of rotatable bonds is 10. The quantitative estimate of drug-likeness (QED) is 0.183. The topological polar surface area (TPSA) is 58.2 Å². The molecule has 0 unspecified atom stereocenters. The number of ether oxygens (including phenoxy) is 1. The number of hydrogen-bond acceptors (Lipinski definition) is 4. The van der Waals surface area contributed by atoms with Crippen molar-refractivity contribution in [2.45, 2.75) is 70.3 Å². The van der Waals surface area contributed by atoms with Crippen LogP contribution in [0.3, 0.4) is 0 Å². The maximum Gasteiger partial charge on any atom is 0.418 e. The number of H-pyrrole nitrogens is 1. The van der Waals surface area contributed by atoms with Crippen LogP contribution < -0.4 is 0 Å². The Hall–Kier alpha value is -3.34. The lowest BCUT2D eigenvalue weighted by Gasteiger charge is -2.50. The Balaban J connectivity index is 1.25. The number of fused-ring (bicyclic) bond motifs is 3. The summed E-state index contributed by atoms with van der Waals surface area (Å²) >= 11 is 0. The second-order valence-corrected chi connectivity index (χ2v) is 12.5. The first kappa shape index (κ1) is 32.1. The molecule has 2 aromatic carbocycles. The number of alkyl halides is 6. The first-order chi connectivity index (χ1) is 20.7. The van der Waals surface area contributed by atoms with Crippen LogP contribution in [0.1, 0.15) is 68.5 Å². The van der Waals surface area contributed by atoms with E-state index in [9.17, 15) is 31.1 Å². The highest BCUT2D eigenvalue weighted by atomic mass is 19.4. The van der Waals surface area contributed by atoms with Crippen LogP contribution in [0, 0.1) is 17.8 Å². The third-order valence-corrected chi connectivity index (χ3v) is 8.94. The summed E-state index contributed by atoms with van der Waals surface area (Å²) in [5.74, 6) is 0.117. The average Bonchev–Trinajstić information content (AvgIpc) is 3.38. The number of nitrogens with one attached hydrogen (secondary N) is 1. The fourth-order valence-electron chi connectivity index (χ4n) is 6.58. The van der Waals surface area contributed by atoms with Gasteiger partial charge in [-0.2, -0.15) is 26.3 Å². The predicted molar refractivity (Wildman–Crippen MR) is 155 cm³/mol. The van der Waals surface area contributed by atoms with Crippen LogP contribution >= 0.6 is 0 Å². The van der Waals surface area contributed by atoms with E-state index < -0.39 is 34.6 Å². The van der Waals surface area contributed by atoms with E-state index in [1.54, 1.807) is 0 Å². The van der Waals surface area contributed by atoms with Crippen LogP contribution in [0.5, 0.6) is 0 Å². The number of aromatic nitrogens is 2. The highest BCUT2D eigenvalue weighted by Gasteiger charge is 2.50. The van der Waals surface area contributed by atoms with Crippen molar-refractivity contribution in [2.24, 2.45) is 17.8 Å². The lowest BCUT2D eigenvalue weighted by molar-refractivity contribution is -0.176. The van der Waals surface area contributed by atoms with E-state index in [0.717, 1.165) is 19.3 Å². The standard InChI is InChI=1S/C33H37F6N3O2/c1-20(2)30(43)44-31(19-22-11-12-23(31)16-25(22)21-8-5-4-6-9-21)13-15-42(3)14-7-10-28-40-27-18-24(32(34,35)36)17-26(29(27)41-28)33(37,38)39/h4-6,8-9,16-18,20,22-23H,7,10-15,19H2,1-3H3,(H,40,41)/t22-,23-,31+/m0/s1. The molecule has 3 aliphatic carbocycles. The highest BCUT2D eigenvalue weighted by molar-refractivity contribution is 5.80. The summed E-state index contributed by atoms with van der Waals surface area (Å²) in [5, 5.41) is 0. The normalized spacial score (nSPS) is 22.2. The molecule has 0 saturated heterocycles. The van der Waals surface area contributed by atoms with Gasteiger partial charge in [-0.25, -0.2) is 4.98 Å². The molecule has 44 heavy (non-hydrogen) atoms. The third-order valence-electron chi connectivity index (χ3n) is 8.94. The van der Waals surface area contributed by atoms with Crippen molar-refractivity contribution in [3.8, 4) is 0 Å². The number of allylic oxidation sites excluding steroid dienone is 1. The van der Waals surface area contributed by atoms with E-state index in [1.807, 2.05) is 39.1 Å². The second kappa shape index (κ2) is 12.2. The van der Waals surface area contributed by atoms with Gasteiger partial charge in [0.1, 0.15) is 16.9 Å². The number of carbonyl (C=O) groups is 1. The van der Waals surface area contributed by atoms with Crippen molar-refractivity contribution in [1.29, 1.82) is 0 Å². The Kier molecular flexibility index (Phi) is 8.90. The highest BCUT2D eigenvalue weighted by Crippen LogP contribution is 2.53. The van der Waals surface area contributed by atoms with Gasteiger partial charge in [-0.1, -0.05) is 50.3 Å². The number of carbonyl (C=O) groups excluding carboxylic acids is 1. The summed E-state index contributed by atoms with van der Waals surface area (Å²) in [4.78, 5) is 21.6. The first-order valence-electron chi connectivity index (χ1n) is 15.0. The van der Waals surface area contributed by atoms with Gasteiger partial charge in [-0.3, -0.25) is 4.79 Å². The Labute approximate surface area is 252 Å². The molecule has 1 saturated carbocycles. The van der Waals surface area contributed by atoms with E-state index in [-0.39, 0.29) is 41.6 Å². The molecule has 0 radical (unpaired) electrons. The van der Waals surface area contributed by atoms with Crippen molar-refractivity contribution < 1.29 is 35.9 Å². The number of hydrogen-bond donors (Lipinski definition) is 1. The molecule has 11 heteroatoms. The van der Waals surface area contributed by atoms with E-state index in [1.165, 1.54) is 11.1 Å². The molecule has 1 aromatic heterocycles. The van der Waals surface area contributed by atoms with E-state index in [4.69, 9.17) is 4.74 Å². The molecule has 3 atom stereocenters. The van der Waals surface area contributed by atoms with Gasteiger partial charge in [0.05, 0.1) is 22.6 Å². The molecule has 6 rings (SSSR count). The smallest absolute Gasteiger partial charge is 0.418 e. The van der Waals surface area contributed by atoms with E-state index in [0.29, 0.717) is 37.9 Å². The van der Waals surface area contributed by atoms with Crippen LogP contribution in [0.15, 0.2) is 48.5 Å². The number of halogens is 6.